The van der Waals surface area contributed by atoms with Gasteiger partial charge in [-0.1, -0.05) is 50.1 Å². The van der Waals surface area contributed by atoms with Crippen molar-refractivity contribution < 1.29 is 9.90 Å². The van der Waals surface area contributed by atoms with E-state index in [1.165, 1.54) is 60.9 Å². The summed E-state index contributed by atoms with van der Waals surface area (Å²) >= 11 is 0. The van der Waals surface area contributed by atoms with Gasteiger partial charge in [0.1, 0.15) is 11.6 Å². The van der Waals surface area contributed by atoms with Gasteiger partial charge in [0.05, 0.1) is 24.7 Å². The van der Waals surface area contributed by atoms with Crippen LogP contribution in [0, 0.1) is 11.8 Å². The number of aryl methyl sites for hydroxylation is 2. The lowest BCUT2D eigenvalue weighted by Crippen LogP contribution is -2.51. The van der Waals surface area contributed by atoms with E-state index in [2.05, 4.69) is 64.1 Å². The molecular weight excluding hydrogens is 598 g/mol. The Morgan fingerprint density at radius 3 is 2.35 bits per heavy atom. The molecule has 2 aliphatic heterocycles. The summed E-state index contributed by atoms with van der Waals surface area (Å²) in [5, 5.41) is 22.0. The number of aliphatic carboxylic acids is 1. The molecule has 4 heterocycles. The first-order valence-electron chi connectivity index (χ1n) is 18.9. The molecule has 3 fully saturated rings. The van der Waals surface area contributed by atoms with Crippen LogP contribution in [-0.2, 0) is 31.2 Å². The quantitative estimate of drug-likeness (QED) is 0.196. The molecule has 3 atom stereocenters. The number of fused-ring (bicyclic) bond motifs is 3. The van der Waals surface area contributed by atoms with Gasteiger partial charge in [0.15, 0.2) is 0 Å². The molecule has 9 heteroatoms. The Labute approximate surface area is 286 Å². The van der Waals surface area contributed by atoms with Crippen molar-refractivity contribution in [2.45, 2.75) is 133 Å². The topological polar surface area (TPSA) is 108 Å². The van der Waals surface area contributed by atoms with E-state index in [0.717, 1.165) is 69.6 Å². The number of nitrogens with zero attached hydrogens (tertiary/aromatic N) is 5. The smallest absolute Gasteiger partial charge is 0.306 e. The van der Waals surface area contributed by atoms with Crippen LogP contribution in [0.1, 0.15) is 124 Å². The summed E-state index contributed by atoms with van der Waals surface area (Å²) in [7, 11) is 2.01. The maximum absolute atomic E-state index is 11.5. The lowest BCUT2D eigenvalue weighted by molar-refractivity contribution is -0.143. The van der Waals surface area contributed by atoms with E-state index in [1.54, 1.807) is 0 Å². The normalized spacial score (nSPS) is 27.2. The fourth-order valence-corrected chi connectivity index (χ4v) is 9.46. The van der Waals surface area contributed by atoms with E-state index in [4.69, 9.17) is 9.97 Å². The highest BCUT2D eigenvalue weighted by Crippen LogP contribution is 2.39. The molecule has 0 amide bonds. The number of anilines is 1. The number of carboxylic acid groups (broad SMARTS) is 1. The minimum atomic E-state index is -0.639. The van der Waals surface area contributed by atoms with Crippen LogP contribution in [0.3, 0.4) is 0 Å². The van der Waals surface area contributed by atoms with Crippen molar-refractivity contribution in [3.63, 3.8) is 0 Å². The Morgan fingerprint density at radius 2 is 1.71 bits per heavy atom. The van der Waals surface area contributed by atoms with Gasteiger partial charge in [0.25, 0.3) is 0 Å². The molecule has 2 saturated heterocycles. The van der Waals surface area contributed by atoms with Crippen molar-refractivity contribution in [3.05, 3.63) is 70.9 Å². The van der Waals surface area contributed by atoms with Gasteiger partial charge in [-0.15, -0.1) is 0 Å². The first-order chi connectivity index (χ1) is 23.4. The molecule has 2 bridgehead atoms. The molecule has 3 aromatic rings. The SMILES string of the molecule is CC[C@@H](NCc1nc2c(c(N[C@@H](CN3C4CCCC3CCC4)c3cnn(C)c3)n1)C[C@H](c1ccccc1)CC2)C1CCC(C(=O)O)CC1. The molecule has 0 unspecified atom stereocenters. The summed E-state index contributed by atoms with van der Waals surface area (Å²) in [6.07, 6.45) is 19.6. The Kier molecular flexibility index (Phi) is 10.4. The number of benzene rings is 1. The highest BCUT2D eigenvalue weighted by Gasteiger charge is 2.36. The van der Waals surface area contributed by atoms with E-state index in [-0.39, 0.29) is 12.0 Å². The molecule has 4 aliphatic rings. The molecule has 3 N–H and O–H groups in total. The molecule has 1 aromatic carbocycles. The number of carbonyl (C=O) groups is 1. The second kappa shape index (κ2) is 15.1. The third-order valence-corrected chi connectivity index (χ3v) is 12.2. The Morgan fingerprint density at radius 1 is 0.979 bits per heavy atom. The third kappa shape index (κ3) is 7.47. The largest absolute Gasteiger partial charge is 0.481 e. The second-order valence-corrected chi connectivity index (χ2v) is 15.1. The summed E-state index contributed by atoms with van der Waals surface area (Å²) in [4.78, 5) is 24.9. The lowest BCUT2D eigenvalue weighted by Gasteiger charge is -2.47. The van der Waals surface area contributed by atoms with Crippen LogP contribution in [0.15, 0.2) is 42.7 Å². The second-order valence-electron chi connectivity index (χ2n) is 15.1. The van der Waals surface area contributed by atoms with Crippen LogP contribution in [0.4, 0.5) is 5.82 Å². The van der Waals surface area contributed by atoms with E-state index in [1.807, 2.05) is 17.9 Å². The molecule has 258 valence electrons. The number of aromatic nitrogens is 4. The highest BCUT2D eigenvalue weighted by atomic mass is 16.4. The predicted molar refractivity (Wildman–Crippen MR) is 189 cm³/mol. The van der Waals surface area contributed by atoms with Gasteiger partial charge in [-0.05, 0) is 94.4 Å². The van der Waals surface area contributed by atoms with Gasteiger partial charge in [-0.25, -0.2) is 9.97 Å². The van der Waals surface area contributed by atoms with Crippen LogP contribution < -0.4 is 10.6 Å². The lowest BCUT2D eigenvalue weighted by atomic mass is 9.78. The van der Waals surface area contributed by atoms with Crippen LogP contribution >= 0.6 is 0 Å². The zero-order valence-electron chi connectivity index (χ0n) is 29.0. The Hall–Kier alpha value is -3.30. The molecule has 0 spiro atoms. The summed E-state index contributed by atoms with van der Waals surface area (Å²) < 4.78 is 1.92. The molecule has 2 aromatic heterocycles. The van der Waals surface area contributed by atoms with Crippen molar-refractivity contribution >= 4 is 11.8 Å². The van der Waals surface area contributed by atoms with Gasteiger partial charge in [-0.3, -0.25) is 14.4 Å². The first kappa shape index (κ1) is 33.2. The molecule has 7 rings (SSSR count). The first-order valence-corrected chi connectivity index (χ1v) is 18.9. The van der Waals surface area contributed by atoms with Crippen LogP contribution in [-0.4, -0.2) is 60.4 Å². The van der Waals surface area contributed by atoms with Crippen LogP contribution in [0.25, 0.3) is 0 Å². The van der Waals surface area contributed by atoms with E-state index >= 15 is 0 Å². The zero-order chi connectivity index (χ0) is 33.0. The van der Waals surface area contributed by atoms with Crippen molar-refractivity contribution in [2.24, 2.45) is 18.9 Å². The molecule has 1 saturated carbocycles. The molecular formula is C39H55N7O2. The number of rotatable bonds is 12. The molecule has 2 aliphatic carbocycles. The fraction of sp³-hybridized carbons (Fsp3) is 0.641. The number of hydrogen-bond acceptors (Lipinski definition) is 7. The highest BCUT2D eigenvalue weighted by molar-refractivity contribution is 5.70. The maximum atomic E-state index is 11.5. The summed E-state index contributed by atoms with van der Waals surface area (Å²) in [6, 6.07) is 12.7. The van der Waals surface area contributed by atoms with Crippen LogP contribution in [0.2, 0.25) is 0 Å². The fourth-order valence-electron chi connectivity index (χ4n) is 9.46. The van der Waals surface area contributed by atoms with Gasteiger partial charge < -0.3 is 15.7 Å². The van der Waals surface area contributed by atoms with E-state index < -0.39 is 5.97 Å². The van der Waals surface area contributed by atoms with Gasteiger partial charge in [0.2, 0.25) is 0 Å². The minimum Gasteiger partial charge on any atom is -0.481 e. The summed E-state index contributed by atoms with van der Waals surface area (Å²) in [5.41, 5.74) is 5.07. The predicted octanol–water partition coefficient (Wildman–Crippen LogP) is 6.80. The standard InChI is InChI=1S/C39H55N7O2/c1-3-34(27-15-17-28(18-16-27)39(47)48)40-23-37-42-35-20-19-29(26-9-5-4-6-10-26)21-33(35)38(44-37)43-36(30-22-41-45(2)24-30)25-46-31-11-7-12-32(46)14-8-13-31/h4-6,9-10,22,24,27-29,31-32,34,36,40H,3,7-8,11-21,23,25H2,1-2H3,(H,47,48)(H,42,43,44)/t27?,28?,29-,31?,32?,34-,36+/m1/s1. The van der Waals surface area contributed by atoms with Crippen LogP contribution in [0.5, 0.6) is 0 Å². The molecule has 48 heavy (non-hydrogen) atoms. The van der Waals surface area contributed by atoms with Gasteiger partial charge >= 0.3 is 5.97 Å². The summed E-state index contributed by atoms with van der Waals surface area (Å²) in [6.45, 7) is 3.82. The number of piperidine rings is 2. The Bertz CT molecular complexity index is 1500. The maximum Gasteiger partial charge on any atom is 0.306 e. The monoisotopic (exact) mass is 653 g/mol. The Balaban J connectivity index is 1.16. The van der Waals surface area contributed by atoms with Gasteiger partial charge in [0, 0.05) is 54.7 Å². The average Bonchev–Trinajstić information content (AvgIpc) is 3.54. The van der Waals surface area contributed by atoms with Crippen molar-refractivity contribution in [2.75, 3.05) is 11.9 Å². The van der Waals surface area contributed by atoms with E-state index in [0.29, 0.717) is 36.5 Å². The third-order valence-electron chi connectivity index (χ3n) is 12.2. The van der Waals surface area contributed by atoms with E-state index in [9.17, 15) is 9.90 Å². The average molecular weight is 654 g/mol. The number of carboxylic acids is 1. The molecule has 0 radical (unpaired) electrons. The van der Waals surface area contributed by atoms with Crippen molar-refractivity contribution in [1.82, 2.24) is 30.0 Å². The van der Waals surface area contributed by atoms with Crippen molar-refractivity contribution in [1.29, 1.82) is 0 Å². The number of nitrogens with one attached hydrogen (secondary N) is 2. The van der Waals surface area contributed by atoms with Crippen molar-refractivity contribution in [3.8, 4) is 0 Å². The minimum absolute atomic E-state index is 0.0876. The molecule has 9 nitrogen and oxygen atoms in total. The zero-order valence-corrected chi connectivity index (χ0v) is 29.0. The number of hydrogen-bond donors (Lipinski definition) is 3. The summed E-state index contributed by atoms with van der Waals surface area (Å²) in [5.74, 6) is 1.96. The van der Waals surface area contributed by atoms with Gasteiger partial charge in [-0.2, -0.15) is 5.10 Å².